The highest BCUT2D eigenvalue weighted by molar-refractivity contribution is 5.75. The van der Waals surface area contributed by atoms with Gasteiger partial charge in [-0.2, -0.15) is 4.98 Å². The standard InChI is InChI=1S/C16H14N4O/c17-16-19-14-11-8-9-21-13(11)7-6-12(14)15(20-16)18-10-4-2-1-3-5-10/h1-5,8-9H,6-7H2,(H3,17,18,19,20). The van der Waals surface area contributed by atoms with Gasteiger partial charge in [0.15, 0.2) is 0 Å². The Morgan fingerprint density at radius 2 is 1.90 bits per heavy atom. The molecule has 0 unspecified atom stereocenters. The fraction of sp³-hybridized carbons (Fsp3) is 0.125. The van der Waals surface area contributed by atoms with E-state index in [0.717, 1.165) is 46.9 Å². The predicted molar refractivity (Wildman–Crippen MR) is 81.3 cm³/mol. The first-order valence-corrected chi connectivity index (χ1v) is 6.86. The van der Waals surface area contributed by atoms with Crippen LogP contribution in [0.4, 0.5) is 17.5 Å². The fourth-order valence-corrected chi connectivity index (χ4v) is 2.71. The second-order valence-corrected chi connectivity index (χ2v) is 5.01. The van der Waals surface area contributed by atoms with Crippen molar-refractivity contribution in [2.24, 2.45) is 0 Å². The molecule has 0 aliphatic heterocycles. The molecule has 0 atom stereocenters. The molecule has 0 amide bonds. The first kappa shape index (κ1) is 12.0. The topological polar surface area (TPSA) is 77.0 Å². The third kappa shape index (κ3) is 2.03. The van der Waals surface area contributed by atoms with E-state index in [1.807, 2.05) is 36.4 Å². The summed E-state index contributed by atoms with van der Waals surface area (Å²) in [5.41, 5.74) is 9.82. The number of aromatic nitrogens is 2. The van der Waals surface area contributed by atoms with Crippen LogP contribution in [-0.2, 0) is 12.8 Å². The van der Waals surface area contributed by atoms with Crippen molar-refractivity contribution in [3.8, 4) is 11.3 Å². The Hall–Kier alpha value is -2.82. The number of hydrogen-bond acceptors (Lipinski definition) is 5. The maximum atomic E-state index is 5.87. The number of hydrogen-bond donors (Lipinski definition) is 2. The Morgan fingerprint density at radius 3 is 2.76 bits per heavy atom. The number of fused-ring (bicyclic) bond motifs is 3. The van der Waals surface area contributed by atoms with Gasteiger partial charge in [0.05, 0.1) is 12.0 Å². The number of rotatable bonds is 2. The third-order valence-electron chi connectivity index (χ3n) is 3.66. The smallest absolute Gasteiger partial charge is 0.222 e. The van der Waals surface area contributed by atoms with Crippen LogP contribution in [-0.4, -0.2) is 9.97 Å². The van der Waals surface area contributed by atoms with Crippen molar-refractivity contribution in [3.63, 3.8) is 0 Å². The summed E-state index contributed by atoms with van der Waals surface area (Å²) in [6, 6.07) is 11.9. The molecule has 1 aliphatic rings. The molecule has 1 aliphatic carbocycles. The van der Waals surface area contributed by atoms with Crippen LogP contribution in [0.5, 0.6) is 0 Å². The molecule has 0 bridgehead atoms. The number of nitrogens with two attached hydrogens (primary N) is 1. The third-order valence-corrected chi connectivity index (χ3v) is 3.66. The second-order valence-electron chi connectivity index (χ2n) is 5.01. The molecule has 3 aromatic rings. The van der Waals surface area contributed by atoms with Crippen LogP contribution >= 0.6 is 0 Å². The van der Waals surface area contributed by atoms with Gasteiger partial charge in [-0.25, -0.2) is 4.98 Å². The lowest BCUT2D eigenvalue weighted by Gasteiger charge is -2.18. The van der Waals surface area contributed by atoms with Gasteiger partial charge in [-0.3, -0.25) is 0 Å². The maximum Gasteiger partial charge on any atom is 0.222 e. The molecule has 104 valence electrons. The van der Waals surface area contributed by atoms with Crippen molar-refractivity contribution in [1.29, 1.82) is 0 Å². The average Bonchev–Trinajstić information content (AvgIpc) is 2.97. The number of aryl methyl sites for hydroxylation is 1. The summed E-state index contributed by atoms with van der Waals surface area (Å²) in [7, 11) is 0. The monoisotopic (exact) mass is 278 g/mol. The molecule has 1 aromatic carbocycles. The highest BCUT2D eigenvalue weighted by Gasteiger charge is 2.24. The summed E-state index contributed by atoms with van der Waals surface area (Å²) in [4.78, 5) is 8.76. The number of nitrogen functional groups attached to an aromatic ring is 1. The molecule has 21 heavy (non-hydrogen) atoms. The van der Waals surface area contributed by atoms with Crippen LogP contribution in [0.2, 0.25) is 0 Å². The molecule has 2 heterocycles. The van der Waals surface area contributed by atoms with E-state index in [-0.39, 0.29) is 5.95 Å². The summed E-state index contributed by atoms with van der Waals surface area (Å²) in [6.45, 7) is 0. The normalized spacial score (nSPS) is 12.6. The Labute approximate surface area is 121 Å². The zero-order chi connectivity index (χ0) is 14.2. The van der Waals surface area contributed by atoms with E-state index in [1.54, 1.807) is 6.26 Å². The number of para-hydroxylation sites is 1. The van der Waals surface area contributed by atoms with Gasteiger partial charge in [0.1, 0.15) is 11.6 Å². The van der Waals surface area contributed by atoms with Crippen LogP contribution in [0.15, 0.2) is 47.1 Å². The van der Waals surface area contributed by atoms with Crippen LogP contribution < -0.4 is 11.1 Å². The van der Waals surface area contributed by atoms with Crippen molar-refractivity contribution in [1.82, 2.24) is 9.97 Å². The number of nitrogens with zero attached hydrogens (tertiary/aromatic N) is 2. The van der Waals surface area contributed by atoms with Crippen molar-refractivity contribution >= 4 is 17.5 Å². The first-order valence-electron chi connectivity index (χ1n) is 6.86. The summed E-state index contributed by atoms with van der Waals surface area (Å²) in [5, 5.41) is 3.33. The lowest BCUT2D eigenvalue weighted by molar-refractivity contribution is 0.507. The molecule has 4 rings (SSSR count). The van der Waals surface area contributed by atoms with E-state index in [0.29, 0.717) is 0 Å². The molecule has 0 spiro atoms. The Morgan fingerprint density at radius 1 is 1.05 bits per heavy atom. The molecule has 5 heteroatoms. The average molecular weight is 278 g/mol. The van der Waals surface area contributed by atoms with Crippen molar-refractivity contribution in [2.45, 2.75) is 12.8 Å². The lowest BCUT2D eigenvalue weighted by Crippen LogP contribution is -2.11. The second kappa shape index (κ2) is 4.63. The number of benzene rings is 1. The van der Waals surface area contributed by atoms with E-state index in [9.17, 15) is 0 Å². The van der Waals surface area contributed by atoms with Gasteiger partial charge >= 0.3 is 0 Å². The number of furan rings is 1. The van der Waals surface area contributed by atoms with Gasteiger partial charge in [0, 0.05) is 23.2 Å². The summed E-state index contributed by atoms with van der Waals surface area (Å²) >= 11 is 0. The van der Waals surface area contributed by atoms with Gasteiger partial charge in [0.2, 0.25) is 5.95 Å². The van der Waals surface area contributed by atoms with Crippen molar-refractivity contribution in [3.05, 3.63) is 54.0 Å². The highest BCUT2D eigenvalue weighted by Crippen LogP contribution is 2.36. The minimum absolute atomic E-state index is 0.265. The molecule has 0 fully saturated rings. The zero-order valence-corrected chi connectivity index (χ0v) is 11.3. The van der Waals surface area contributed by atoms with E-state index in [4.69, 9.17) is 10.2 Å². The van der Waals surface area contributed by atoms with Gasteiger partial charge < -0.3 is 15.5 Å². The molecule has 3 N–H and O–H groups in total. The van der Waals surface area contributed by atoms with Gasteiger partial charge in [-0.05, 0) is 24.6 Å². The van der Waals surface area contributed by atoms with Crippen LogP contribution in [0.3, 0.4) is 0 Å². The van der Waals surface area contributed by atoms with Crippen LogP contribution in [0, 0.1) is 0 Å². The minimum Gasteiger partial charge on any atom is -0.469 e. The lowest BCUT2D eigenvalue weighted by atomic mass is 9.95. The Bertz CT molecular complexity index is 795. The van der Waals surface area contributed by atoms with Gasteiger partial charge in [-0.15, -0.1) is 0 Å². The quantitative estimate of drug-likeness (QED) is 0.753. The van der Waals surface area contributed by atoms with Crippen molar-refractivity contribution in [2.75, 3.05) is 11.1 Å². The SMILES string of the molecule is Nc1nc(Nc2ccccc2)c2c(n1)-c1ccoc1CC2. The first-order chi connectivity index (χ1) is 10.3. The molecule has 2 aromatic heterocycles. The molecular weight excluding hydrogens is 264 g/mol. The molecule has 0 radical (unpaired) electrons. The summed E-state index contributed by atoms with van der Waals surface area (Å²) in [5.74, 6) is 2.00. The van der Waals surface area contributed by atoms with E-state index >= 15 is 0 Å². The van der Waals surface area contributed by atoms with Gasteiger partial charge in [0.25, 0.3) is 0 Å². The Kier molecular flexibility index (Phi) is 2.64. The summed E-state index contributed by atoms with van der Waals surface area (Å²) in [6.07, 6.45) is 3.39. The molecule has 0 saturated carbocycles. The predicted octanol–water partition coefficient (Wildman–Crippen LogP) is 3.16. The minimum atomic E-state index is 0.265. The van der Waals surface area contributed by atoms with E-state index < -0.39 is 0 Å². The largest absolute Gasteiger partial charge is 0.469 e. The molecule has 5 nitrogen and oxygen atoms in total. The van der Waals surface area contributed by atoms with E-state index in [1.165, 1.54) is 0 Å². The molecule has 0 saturated heterocycles. The van der Waals surface area contributed by atoms with E-state index in [2.05, 4.69) is 15.3 Å². The maximum absolute atomic E-state index is 5.87. The Balaban J connectivity index is 1.83. The number of anilines is 3. The number of nitrogens with one attached hydrogen (secondary N) is 1. The van der Waals surface area contributed by atoms with Crippen LogP contribution in [0.25, 0.3) is 11.3 Å². The zero-order valence-electron chi connectivity index (χ0n) is 11.3. The molecular formula is C16H14N4O. The fourth-order valence-electron chi connectivity index (χ4n) is 2.71. The highest BCUT2D eigenvalue weighted by atomic mass is 16.3. The van der Waals surface area contributed by atoms with Crippen LogP contribution in [0.1, 0.15) is 11.3 Å². The summed E-state index contributed by atoms with van der Waals surface area (Å²) < 4.78 is 5.49. The van der Waals surface area contributed by atoms with Crippen molar-refractivity contribution < 1.29 is 4.42 Å². The van der Waals surface area contributed by atoms with Gasteiger partial charge in [-0.1, -0.05) is 18.2 Å².